The molecule has 6 nitrogen and oxygen atoms in total. The molecule has 0 amide bonds. The Hall–Kier alpha value is -2.48. The number of benzene rings is 2. The standard InChI is InChI=1S/C19H17NO5S/c21-19-7-8-20-18-6-3-14(10-17(18)19)9-13-1-4-16(5-2-13)26(22,23)25-12-15-11-24-15/h1-8,10,15H,9,11-12H2,(H,20,21)/t15-/m1/s1. The number of epoxide rings is 1. The van der Waals surface area contributed by atoms with Gasteiger partial charge in [0.05, 0.1) is 18.1 Å². The Bertz CT molecular complexity index is 1100. The minimum atomic E-state index is -3.76. The van der Waals surface area contributed by atoms with E-state index in [1.165, 1.54) is 18.2 Å². The highest BCUT2D eigenvalue weighted by Crippen LogP contribution is 2.19. The molecule has 1 atom stereocenters. The Morgan fingerprint density at radius 2 is 1.81 bits per heavy atom. The molecule has 1 N–H and O–H groups in total. The summed E-state index contributed by atoms with van der Waals surface area (Å²) in [5.41, 5.74) is 2.69. The predicted octanol–water partition coefficient (Wildman–Crippen LogP) is 2.22. The van der Waals surface area contributed by atoms with Crippen LogP contribution < -0.4 is 5.43 Å². The topological polar surface area (TPSA) is 88.8 Å². The van der Waals surface area contributed by atoms with E-state index in [4.69, 9.17) is 8.92 Å². The van der Waals surface area contributed by atoms with E-state index in [1.54, 1.807) is 18.3 Å². The molecule has 134 valence electrons. The molecule has 1 fully saturated rings. The van der Waals surface area contributed by atoms with E-state index < -0.39 is 10.1 Å². The molecule has 26 heavy (non-hydrogen) atoms. The summed E-state index contributed by atoms with van der Waals surface area (Å²) in [5, 5.41) is 0.639. The first-order valence-electron chi connectivity index (χ1n) is 8.21. The maximum absolute atomic E-state index is 12.1. The molecule has 1 saturated heterocycles. The molecule has 7 heteroatoms. The van der Waals surface area contributed by atoms with Crippen LogP contribution in [0.25, 0.3) is 10.9 Å². The zero-order chi connectivity index (χ0) is 18.1. The van der Waals surface area contributed by atoms with Gasteiger partial charge in [-0.3, -0.25) is 8.98 Å². The zero-order valence-corrected chi connectivity index (χ0v) is 14.7. The van der Waals surface area contributed by atoms with Gasteiger partial charge in [0.25, 0.3) is 10.1 Å². The van der Waals surface area contributed by atoms with Crippen LogP contribution >= 0.6 is 0 Å². The normalized spacial score (nSPS) is 16.7. The van der Waals surface area contributed by atoms with E-state index in [-0.39, 0.29) is 23.0 Å². The van der Waals surface area contributed by atoms with Gasteiger partial charge in [0.15, 0.2) is 5.43 Å². The second-order valence-electron chi connectivity index (χ2n) is 6.24. The molecule has 4 rings (SSSR count). The van der Waals surface area contributed by atoms with Crippen molar-refractivity contribution in [2.45, 2.75) is 17.4 Å². The Labute approximate surface area is 150 Å². The van der Waals surface area contributed by atoms with Crippen molar-refractivity contribution >= 4 is 21.0 Å². The summed E-state index contributed by atoms with van der Waals surface area (Å²) in [6.45, 7) is 0.596. The lowest BCUT2D eigenvalue weighted by molar-refractivity contribution is 0.266. The number of pyridine rings is 1. The predicted molar refractivity (Wildman–Crippen MR) is 96.7 cm³/mol. The van der Waals surface area contributed by atoms with Gasteiger partial charge in [-0.05, 0) is 41.8 Å². The van der Waals surface area contributed by atoms with Crippen LogP contribution in [0.15, 0.2) is 64.4 Å². The molecule has 2 heterocycles. The third-order valence-corrected chi connectivity index (χ3v) is 5.55. The van der Waals surface area contributed by atoms with E-state index in [0.717, 1.165) is 16.6 Å². The average molecular weight is 371 g/mol. The second-order valence-corrected chi connectivity index (χ2v) is 7.85. The van der Waals surface area contributed by atoms with Crippen LogP contribution in [0.2, 0.25) is 0 Å². The summed E-state index contributed by atoms with van der Waals surface area (Å²) in [7, 11) is -3.76. The van der Waals surface area contributed by atoms with E-state index in [9.17, 15) is 13.2 Å². The van der Waals surface area contributed by atoms with Gasteiger partial charge in [-0.25, -0.2) is 0 Å². The molecule has 2 aromatic carbocycles. The second kappa shape index (κ2) is 6.68. The number of aromatic nitrogens is 1. The molecule has 1 aromatic heterocycles. The highest BCUT2D eigenvalue weighted by molar-refractivity contribution is 7.86. The van der Waals surface area contributed by atoms with Crippen LogP contribution in [0, 0.1) is 0 Å². The van der Waals surface area contributed by atoms with Crippen molar-refractivity contribution in [1.82, 2.24) is 4.98 Å². The molecule has 0 radical (unpaired) electrons. The largest absolute Gasteiger partial charge is 0.371 e. The minimum absolute atomic E-state index is 0.0289. The monoisotopic (exact) mass is 371 g/mol. The van der Waals surface area contributed by atoms with Crippen LogP contribution in [-0.2, 0) is 25.5 Å². The Balaban J connectivity index is 1.52. The van der Waals surface area contributed by atoms with Crippen LogP contribution in [-0.4, -0.2) is 32.7 Å². The minimum Gasteiger partial charge on any atom is -0.371 e. The maximum Gasteiger partial charge on any atom is 0.297 e. The lowest BCUT2D eigenvalue weighted by atomic mass is 10.0. The fourth-order valence-corrected chi connectivity index (χ4v) is 3.67. The highest BCUT2D eigenvalue weighted by Gasteiger charge is 2.26. The van der Waals surface area contributed by atoms with E-state index in [0.29, 0.717) is 18.4 Å². The quantitative estimate of drug-likeness (QED) is 0.530. The Morgan fingerprint density at radius 3 is 2.54 bits per heavy atom. The van der Waals surface area contributed by atoms with Crippen molar-refractivity contribution in [3.8, 4) is 0 Å². The molecule has 3 aromatic rings. The van der Waals surface area contributed by atoms with Gasteiger partial charge >= 0.3 is 0 Å². The summed E-state index contributed by atoms with van der Waals surface area (Å²) < 4.78 is 34.1. The lowest BCUT2D eigenvalue weighted by Gasteiger charge is -2.07. The van der Waals surface area contributed by atoms with Crippen molar-refractivity contribution in [2.75, 3.05) is 13.2 Å². The van der Waals surface area contributed by atoms with Gasteiger partial charge in [0.2, 0.25) is 0 Å². The molecule has 0 aliphatic carbocycles. The van der Waals surface area contributed by atoms with Crippen molar-refractivity contribution in [3.63, 3.8) is 0 Å². The van der Waals surface area contributed by atoms with E-state index in [1.807, 2.05) is 18.2 Å². The van der Waals surface area contributed by atoms with Crippen LogP contribution in [0.5, 0.6) is 0 Å². The van der Waals surface area contributed by atoms with Gasteiger partial charge in [0.1, 0.15) is 6.10 Å². The number of aromatic amines is 1. The molecular weight excluding hydrogens is 354 g/mol. The van der Waals surface area contributed by atoms with Crippen molar-refractivity contribution in [1.29, 1.82) is 0 Å². The Kier molecular flexibility index (Phi) is 4.36. The maximum atomic E-state index is 12.1. The Morgan fingerprint density at radius 1 is 1.08 bits per heavy atom. The zero-order valence-electron chi connectivity index (χ0n) is 13.8. The molecule has 0 spiro atoms. The van der Waals surface area contributed by atoms with Crippen LogP contribution in [0.1, 0.15) is 11.1 Å². The molecule has 0 unspecified atom stereocenters. The summed E-state index contributed by atoms with van der Waals surface area (Å²) in [5.74, 6) is 0. The van der Waals surface area contributed by atoms with Crippen molar-refractivity contribution in [3.05, 3.63) is 76.1 Å². The summed E-state index contributed by atoms with van der Waals surface area (Å²) in [6.07, 6.45) is 2.11. The average Bonchev–Trinajstić information content (AvgIpc) is 3.46. The van der Waals surface area contributed by atoms with Gasteiger partial charge in [-0.1, -0.05) is 18.2 Å². The fraction of sp³-hybridized carbons (Fsp3) is 0.211. The smallest absolute Gasteiger partial charge is 0.297 e. The summed E-state index contributed by atoms with van der Waals surface area (Å²) in [6, 6.07) is 13.8. The number of hydrogen-bond donors (Lipinski definition) is 1. The first kappa shape index (κ1) is 17.0. The first-order valence-corrected chi connectivity index (χ1v) is 9.62. The first-order chi connectivity index (χ1) is 12.5. The fourth-order valence-electron chi connectivity index (χ4n) is 2.74. The van der Waals surface area contributed by atoms with Gasteiger partial charge in [-0.2, -0.15) is 8.42 Å². The van der Waals surface area contributed by atoms with Gasteiger partial charge in [-0.15, -0.1) is 0 Å². The number of H-pyrrole nitrogens is 1. The van der Waals surface area contributed by atoms with Gasteiger partial charge < -0.3 is 9.72 Å². The molecular formula is C19H17NO5S. The highest BCUT2D eigenvalue weighted by atomic mass is 32.2. The van der Waals surface area contributed by atoms with Gasteiger partial charge in [0, 0.05) is 23.2 Å². The van der Waals surface area contributed by atoms with E-state index >= 15 is 0 Å². The molecule has 0 bridgehead atoms. The number of nitrogens with one attached hydrogen (secondary N) is 1. The summed E-state index contributed by atoms with van der Waals surface area (Å²) >= 11 is 0. The number of ether oxygens (including phenoxy) is 1. The van der Waals surface area contributed by atoms with Crippen molar-refractivity contribution < 1.29 is 17.3 Å². The molecule has 1 aliphatic heterocycles. The third-order valence-electron chi connectivity index (χ3n) is 4.25. The summed E-state index contributed by atoms with van der Waals surface area (Å²) in [4.78, 5) is 15.1. The molecule has 1 aliphatic rings. The number of rotatable bonds is 6. The molecule has 0 saturated carbocycles. The number of hydrogen-bond acceptors (Lipinski definition) is 5. The van der Waals surface area contributed by atoms with Crippen LogP contribution in [0.3, 0.4) is 0 Å². The van der Waals surface area contributed by atoms with Crippen LogP contribution in [0.4, 0.5) is 0 Å². The lowest BCUT2D eigenvalue weighted by Crippen LogP contribution is -2.11. The van der Waals surface area contributed by atoms with Crippen molar-refractivity contribution in [2.24, 2.45) is 0 Å². The third kappa shape index (κ3) is 3.70. The number of fused-ring (bicyclic) bond motifs is 1. The van der Waals surface area contributed by atoms with E-state index in [2.05, 4.69) is 4.98 Å². The SMILES string of the molecule is O=c1cc[nH]c2ccc(Cc3ccc(S(=O)(=O)OC[C@H]4CO4)cc3)cc12.